The maximum Gasteiger partial charge on any atom is 0.417 e. The van der Waals surface area contributed by atoms with E-state index in [0.717, 1.165) is 30.1 Å². The molecule has 0 spiro atoms. The predicted octanol–water partition coefficient (Wildman–Crippen LogP) is 3.11. The van der Waals surface area contributed by atoms with Gasteiger partial charge in [-0.05, 0) is 42.0 Å². The molecule has 1 aromatic carbocycles. The molecular formula is C18H17F3N2O4S. The van der Waals surface area contributed by atoms with E-state index >= 15 is 0 Å². The first-order valence-corrected chi connectivity index (χ1v) is 8.79. The number of aromatic nitrogens is 1. The molecule has 1 aromatic heterocycles. The summed E-state index contributed by atoms with van der Waals surface area (Å²) in [6.45, 7) is -0.322. The standard InChI is InChI=1S/C18H17F3N2O4S/c19-18(20,21)12-2-5-16(23-8-12)28-15-4-3-13(22-9-14(25)10-24)7-11(15)1-6-17(26)27/h1-8,14,22,24-25H,9-10H2,(H,26,27). The third kappa shape index (κ3) is 6.55. The van der Waals surface area contributed by atoms with Gasteiger partial charge >= 0.3 is 12.1 Å². The Balaban J connectivity index is 2.25. The van der Waals surface area contributed by atoms with Crippen molar-refractivity contribution in [1.82, 2.24) is 4.98 Å². The zero-order chi connectivity index (χ0) is 20.7. The van der Waals surface area contributed by atoms with Crippen molar-refractivity contribution in [3.63, 3.8) is 0 Å². The van der Waals surface area contributed by atoms with Gasteiger partial charge in [0, 0.05) is 29.4 Å². The van der Waals surface area contributed by atoms with Crippen molar-refractivity contribution < 1.29 is 33.3 Å². The zero-order valence-electron chi connectivity index (χ0n) is 14.3. The van der Waals surface area contributed by atoms with Gasteiger partial charge in [-0.1, -0.05) is 11.8 Å². The number of aliphatic carboxylic acids is 1. The van der Waals surface area contributed by atoms with E-state index < -0.39 is 30.4 Å². The van der Waals surface area contributed by atoms with Gasteiger partial charge in [-0.3, -0.25) is 0 Å². The number of benzene rings is 1. The number of rotatable bonds is 8. The van der Waals surface area contributed by atoms with Crippen molar-refractivity contribution in [3.05, 3.63) is 53.7 Å². The molecule has 2 rings (SSSR count). The van der Waals surface area contributed by atoms with E-state index in [2.05, 4.69) is 10.3 Å². The second kappa shape index (κ2) is 9.58. The highest BCUT2D eigenvalue weighted by molar-refractivity contribution is 7.99. The molecule has 6 nitrogen and oxygen atoms in total. The van der Waals surface area contributed by atoms with Crippen molar-refractivity contribution in [2.24, 2.45) is 0 Å². The van der Waals surface area contributed by atoms with Crippen LogP contribution in [0.2, 0.25) is 0 Å². The number of aliphatic hydroxyl groups excluding tert-OH is 2. The van der Waals surface area contributed by atoms with E-state index in [1.54, 1.807) is 18.2 Å². The van der Waals surface area contributed by atoms with Crippen LogP contribution in [0.25, 0.3) is 6.08 Å². The van der Waals surface area contributed by atoms with Crippen LogP contribution < -0.4 is 5.32 Å². The van der Waals surface area contributed by atoms with E-state index in [0.29, 0.717) is 21.2 Å². The summed E-state index contributed by atoms with van der Waals surface area (Å²) in [5, 5.41) is 30.3. The Morgan fingerprint density at radius 2 is 2.04 bits per heavy atom. The summed E-state index contributed by atoms with van der Waals surface area (Å²) in [7, 11) is 0. The van der Waals surface area contributed by atoms with Gasteiger partial charge in [0.25, 0.3) is 0 Å². The van der Waals surface area contributed by atoms with Crippen molar-refractivity contribution in [2.75, 3.05) is 18.5 Å². The Morgan fingerprint density at radius 3 is 2.61 bits per heavy atom. The van der Waals surface area contributed by atoms with E-state index in [1.807, 2.05) is 0 Å². The lowest BCUT2D eigenvalue weighted by molar-refractivity contribution is -0.138. The van der Waals surface area contributed by atoms with E-state index in [9.17, 15) is 23.1 Å². The minimum absolute atomic E-state index is 0.0888. The number of nitrogens with one attached hydrogen (secondary N) is 1. The van der Waals surface area contributed by atoms with E-state index in [-0.39, 0.29) is 6.54 Å². The number of halogens is 3. The topological polar surface area (TPSA) is 103 Å². The highest BCUT2D eigenvalue weighted by atomic mass is 32.2. The second-order valence-electron chi connectivity index (χ2n) is 5.63. The molecule has 0 saturated carbocycles. The van der Waals surface area contributed by atoms with Crippen LogP contribution in [0.15, 0.2) is 52.5 Å². The van der Waals surface area contributed by atoms with Crippen molar-refractivity contribution in [2.45, 2.75) is 22.2 Å². The lowest BCUT2D eigenvalue weighted by Gasteiger charge is -2.13. The fraction of sp³-hybridized carbons (Fsp3) is 0.222. The molecular weight excluding hydrogens is 397 g/mol. The first-order valence-electron chi connectivity index (χ1n) is 7.98. The highest BCUT2D eigenvalue weighted by Gasteiger charge is 2.30. The molecule has 2 aromatic rings. The van der Waals surface area contributed by atoms with Crippen LogP contribution in [-0.2, 0) is 11.0 Å². The Kier molecular flexibility index (Phi) is 7.44. The molecule has 1 atom stereocenters. The molecule has 0 fully saturated rings. The average Bonchev–Trinajstić information content (AvgIpc) is 2.65. The number of hydrogen-bond acceptors (Lipinski definition) is 6. The molecule has 0 bridgehead atoms. The number of aliphatic hydroxyl groups is 2. The van der Waals surface area contributed by atoms with Crippen LogP contribution in [0, 0.1) is 0 Å². The maximum absolute atomic E-state index is 12.6. The SMILES string of the molecule is O=C(O)C=Cc1cc(NCC(O)CO)ccc1Sc1ccc(C(F)(F)F)cn1. The third-order valence-electron chi connectivity index (χ3n) is 3.45. The summed E-state index contributed by atoms with van der Waals surface area (Å²) >= 11 is 1.08. The number of hydrogen-bond donors (Lipinski definition) is 4. The van der Waals surface area contributed by atoms with Gasteiger partial charge in [0.1, 0.15) is 5.03 Å². The number of anilines is 1. The number of pyridine rings is 1. The molecule has 150 valence electrons. The van der Waals surface area contributed by atoms with Gasteiger partial charge in [0.15, 0.2) is 0 Å². The molecule has 0 aliphatic carbocycles. The highest BCUT2D eigenvalue weighted by Crippen LogP contribution is 2.34. The van der Waals surface area contributed by atoms with Crippen LogP contribution >= 0.6 is 11.8 Å². The first-order chi connectivity index (χ1) is 13.2. The molecule has 1 unspecified atom stereocenters. The Hall–Kier alpha value is -2.56. The number of carbonyl (C=O) groups is 1. The Labute approximate surface area is 162 Å². The molecule has 28 heavy (non-hydrogen) atoms. The van der Waals surface area contributed by atoms with Crippen molar-refractivity contribution >= 4 is 29.5 Å². The average molecular weight is 414 g/mol. The summed E-state index contributed by atoms with van der Waals surface area (Å²) in [5.41, 5.74) is 0.213. The number of alkyl halides is 3. The zero-order valence-corrected chi connectivity index (χ0v) is 15.2. The van der Waals surface area contributed by atoms with Crippen LogP contribution in [0.3, 0.4) is 0 Å². The largest absolute Gasteiger partial charge is 0.478 e. The Bertz CT molecular complexity index is 842. The normalized spacial score (nSPS) is 12.9. The first kappa shape index (κ1) is 21.7. The third-order valence-corrected chi connectivity index (χ3v) is 4.49. The van der Waals surface area contributed by atoms with Gasteiger partial charge in [-0.15, -0.1) is 0 Å². The van der Waals surface area contributed by atoms with Crippen molar-refractivity contribution in [3.8, 4) is 0 Å². The lowest BCUT2D eigenvalue weighted by atomic mass is 10.2. The van der Waals surface area contributed by atoms with Gasteiger partial charge in [-0.2, -0.15) is 13.2 Å². The summed E-state index contributed by atoms with van der Waals surface area (Å²) in [6, 6.07) is 7.10. The van der Waals surface area contributed by atoms with Gasteiger partial charge in [0.2, 0.25) is 0 Å². The number of carboxylic acids is 1. The molecule has 0 saturated heterocycles. The molecule has 0 radical (unpaired) electrons. The Morgan fingerprint density at radius 1 is 1.29 bits per heavy atom. The smallest absolute Gasteiger partial charge is 0.417 e. The summed E-state index contributed by atoms with van der Waals surface area (Å²) in [4.78, 5) is 15.2. The van der Waals surface area contributed by atoms with E-state index in [1.165, 1.54) is 12.1 Å². The maximum atomic E-state index is 12.6. The van der Waals surface area contributed by atoms with E-state index in [4.69, 9.17) is 10.2 Å². The molecule has 0 aliphatic heterocycles. The van der Waals surface area contributed by atoms with Crippen LogP contribution in [-0.4, -0.2) is 45.5 Å². The molecule has 1 heterocycles. The minimum atomic E-state index is -4.47. The lowest BCUT2D eigenvalue weighted by Crippen LogP contribution is -2.22. The monoisotopic (exact) mass is 414 g/mol. The number of carboxylic acid groups (broad SMARTS) is 1. The minimum Gasteiger partial charge on any atom is -0.478 e. The molecule has 0 amide bonds. The van der Waals surface area contributed by atoms with Crippen molar-refractivity contribution in [1.29, 1.82) is 0 Å². The predicted molar refractivity (Wildman–Crippen MR) is 98.1 cm³/mol. The summed E-state index contributed by atoms with van der Waals surface area (Å²) in [6.07, 6.45) is -2.41. The van der Waals surface area contributed by atoms with Crippen LogP contribution in [0.5, 0.6) is 0 Å². The molecule has 10 heteroatoms. The van der Waals surface area contributed by atoms with Gasteiger partial charge < -0.3 is 20.6 Å². The summed E-state index contributed by atoms with van der Waals surface area (Å²) in [5.74, 6) is -1.15. The van der Waals surface area contributed by atoms with Crippen LogP contribution in [0.4, 0.5) is 18.9 Å². The number of nitrogens with zero attached hydrogens (tertiary/aromatic N) is 1. The second-order valence-corrected chi connectivity index (χ2v) is 6.69. The quantitative estimate of drug-likeness (QED) is 0.492. The van der Waals surface area contributed by atoms with Crippen LogP contribution in [0.1, 0.15) is 11.1 Å². The summed E-state index contributed by atoms with van der Waals surface area (Å²) < 4.78 is 37.9. The molecule has 4 N–H and O–H groups in total. The van der Waals surface area contributed by atoms with Gasteiger partial charge in [-0.25, -0.2) is 9.78 Å². The fourth-order valence-corrected chi connectivity index (χ4v) is 2.91. The fourth-order valence-electron chi connectivity index (χ4n) is 2.06. The molecule has 0 aliphatic rings. The van der Waals surface area contributed by atoms with Gasteiger partial charge in [0.05, 0.1) is 18.3 Å².